The van der Waals surface area contributed by atoms with Crippen LogP contribution in [0.4, 0.5) is 5.82 Å². The standard InChI is InChI=1S/C14H24ClN3O/c1-6-18(8-7-9-19)12-10(2)11(15)16-13(17-12)14(3,4)5/h19H,6-9H2,1-5H3. The van der Waals surface area contributed by atoms with E-state index in [1.807, 2.05) is 6.92 Å². The first-order valence-electron chi connectivity index (χ1n) is 6.71. The fraction of sp³-hybridized carbons (Fsp3) is 0.714. The highest BCUT2D eigenvalue weighted by atomic mass is 35.5. The molecule has 0 spiro atoms. The number of aliphatic hydroxyl groups excluding tert-OH is 1. The Morgan fingerprint density at radius 3 is 2.37 bits per heavy atom. The lowest BCUT2D eigenvalue weighted by atomic mass is 9.95. The van der Waals surface area contributed by atoms with Gasteiger partial charge in [-0.1, -0.05) is 32.4 Å². The van der Waals surface area contributed by atoms with E-state index >= 15 is 0 Å². The molecule has 0 aromatic carbocycles. The molecule has 1 aromatic heterocycles. The molecular formula is C14H24ClN3O. The van der Waals surface area contributed by atoms with Crippen LogP contribution in [-0.4, -0.2) is 34.8 Å². The summed E-state index contributed by atoms with van der Waals surface area (Å²) < 4.78 is 0. The van der Waals surface area contributed by atoms with Crippen molar-refractivity contribution in [3.8, 4) is 0 Å². The molecule has 1 aromatic rings. The van der Waals surface area contributed by atoms with Crippen LogP contribution in [0.3, 0.4) is 0 Å². The fourth-order valence-electron chi connectivity index (χ4n) is 1.80. The number of halogens is 1. The minimum absolute atomic E-state index is 0.136. The number of anilines is 1. The number of nitrogens with zero attached hydrogens (tertiary/aromatic N) is 3. The molecule has 0 aliphatic carbocycles. The van der Waals surface area contributed by atoms with E-state index in [1.54, 1.807) is 0 Å². The van der Waals surface area contributed by atoms with Crippen molar-refractivity contribution >= 4 is 17.4 Å². The van der Waals surface area contributed by atoms with Crippen molar-refractivity contribution in [2.75, 3.05) is 24.6 Å². The Morgan fingerprint density at radius 1 is 1.26 bits per heavy atom. The molecule has 0 aliphatic heterocycles. The van der Waals surface area contributed by atoms with Crippen LogP contribution >= 0.6 is 11.6 Å². The second-order valence-corrected chi connectivity index (χ2v) is 6.05. The molecule has 0 fully saturated rings. The van der Waals surface area contributed by atoms with Gasteiger partial charge >= 0.3 is 0 Å². The summed E-state index contributed by atoms with van der Waals surface area (Å²) in [7, 11) is 0. The zero-order valence-corrected chi connectivity index (χ0v) is 13.3. The van der Waals surface area contributed by atoms with Gasteiger partial charge in [-0.2, -0.15) is 0 Å². The van der Waals surface area contributed by atoms with Crippen LogP contribution in [0.5, 0.6) is 0 Å². The van der Waals surface area contributed by atoms with Gasteiger partial charge in [-0.25, -0.2) is 9.97 Å². The van der Waals surface area contributed by atoms with Crippen LogP contribution in [-0.2, 0) is 5.41 Å². The van der Waals surface area contributed by atoms with Crippen molar-refractivity contribution in [1.29, 1.82) is 0 Å². The van der Waals surface area contributed by atoms with Gasteiger partial charge in [-0.05, 0) is 20.3 Å². The highest BCUT2D eigenvalue weighted by molar-refractivity contribution is 6.30. The molecule has 1 heterocycles. The summed E-state index contributed by atoms with van der Waals surface area (Å²) in [4.78, 5) is 11.2. The summed E-state index contributed by atoms with van der Waals surface area (Å²) in [5.74, 6) is 1.63. The molecule has 0 radical (unpaired) electrons. The van der Waals surface area contributed by atoms with Crippen LogP contribution in [0.2, 0.25) is 5.15 Å². The minimum atomic E-state index is -0.136. The van der Waals surface area contributed by atoms with Gasteiger partial charge in [0, 0.05) is 30.7 Å². The smallest absolute Gasteiger partial charge is 0.137 e. The Morgan fingerprint density at radius 2 is 1.89 bits per heavy atom. The zero-order chi connectivity index (χ0) is 14.6. The molecule has 0 aliphatic rings. The molecule has 0 atom stereocenters. The van der Waals surface area contributed by atoms with E-state index in [-0.39, 0.29) is 12.0 Å². The average molecular weight is 286 g/mol. The summed E-state index contributed by atoms with van der Waals surface area (Å²) in [5, 5.41) is 9.49. The number of aromatic nitrogens is 2. The third-order valence-electron chi connectivity index (χ3n) is 3.00. The van der Waals surface area contributed by atoms with Crippen LogP contribution in [0.1, 0.15) is 45.5 Å². The lowest BCUT2D eigenvalue weighted by Gasteiger charge is -2.26. The number of rotatable bonds is 5. The topological polar surface area (TPSA) is 49.2 Å². The molecular weight excluding hydrogens is 262 g/mol. The summed E-state index contributed by atoms with van der Waals surface area (Å²) in [6, 6.07) is 0. The summed E-state index contributed by atoms with van der Waals surface area (Å²) in [5.41, 5.74) is 0.761. The largest absolute Gasteiger partial charge is 0.396 e. The Balaban J connectivity index is 3.20. The van der Waals surface area contributed by atoms with Gasteiger partial charge in [-0.15, -0.1) is 0 Å². The molecule has 4 nitrogen and oxygen atoms in total. The van der Waals surface area contributed by atoms with E-state index in [4.69, 9.17) is 16.7 Å². The number of hydrogen-bond donors (Lipinski definition) is 1. The Hall–Kier alpha value is -0.870. The van der Waals surface area contributed by atoms with E-state index in [1.165, 1.54) is 0 Å². The van der Waals surface area contributed by atoms with Gasteiger partial charge in [0.2, 0.25) is 0 Å². The van der Waals surface area contributed by atoms with Gasteiger partial charge in [0.05, 0.1) is 0 Å². The predicted octanol–water partition coefficient (Wildman–Crippen LogP) is 2.94. The second kappa shape index (κ2) is 6.53. The van der Waals surface area contributed by atoms with Crippen molar-refractivity contribution in [3.05, 3.63) is 16.5 Å². The fourth-order valence-corrected chi connectivity index (χ4v) is 1.96. The van der Waals surface area contributed by atoms with Crippen LogP contribution in [0.15, 0.2) is 0 Å². The predicted molar refractivity (Wildman–Crippen MR) is 80.1 cm³/mol. The highest BCUT2D eigenvalue weighted by Crippen LogP contribution is 2.28. The van der Waals surface area contributed by atoms with E-state index in [0.29, 0.717) is 5.15 Å². The quantitative estimate of drug-likeness (QED) is 0.845. The Bertz CT molecular complexity index is 429. The first-order chi connectivity index (χ1) is 8.81. The second-order valence-electron chi connectivity index (χ2n) is 5.69. The summed E-state index contributed by atoms with van der Waals surface area (Å²) in [6.45, 7) is 12.0. The van der Waals surface area contributed by atoms with E-state index < -0.39 is 0 Å². The van der Waals surface area contributed by atoms with Crippen molar-refractivity contribution in [2.24, 2.45) is 0 Å². The van der Waals surface area contributed by atoms with Crippen molar-refractivity contribution in [1.82, 2.24) is 9.97 Å². The van der Waals surface area contributed by atoms with Crippen LogP contribution in [0.25, 0.3) is 0 Å². The third kappa shape index (κ3) is 4.05. The molecule has 0 saturated carbocycles. The number of hydrogen-bond acceptors (Lipinski definition) is 4. The SMILES string of the molecule is CCN(CCCO)c1nc(C(C)(C)C)nc(Cl)c1C. The molecule has 0 bridgehead atoms. The molecule has 1 N–H and O–H groups in total. The lowest BCUT2D eigenvalue weighted by Crippen LogP contribution is -2.28. The van der Waals surface area contributed by atoms with E-state index in [9.17, 15) is 0 Å². The van der Waals surface area contributed by atoms with Crippen LogP contribution in [0, 0.1) is 6.92 Å². The first-order valence-corrected chi connectivity index (χ1v) is 7.09. The normalized spacial score (nSPS) is 11.7. The molecule has 0 saturated heterocycles. The summed E-state index contributed by atoms with van der Waals surface area (Å²) in [6.07, 6.45) is 0.722. The Kier molecular flexibility index (Phi) is 5.56. The first kappa shape index (κ1) is 16.2. The van der Waals surface area contributed by atoms with Gasteiger partial charge in [0.25, 0.3) is 0 Å². The van der Waals surface area contributed by atoms with Crippen molar-refractivity contribution in [3.63, 3.8) is 0 Å². The minimum Gasteiger partial charge on any atom is -0.396 e. The maximum atomic E-state index is 8.98. The van der Waals surface area contributed by atoms with Gasteiger partial charge < -0.3 is 10.0 Å². The summed E-state index contributed by atoms with van der Waals surface area (Å²) >= 11 is 6.23. The average Bonchev–Trinajstić information content (AvgIpc) is 2.33. The Labute approximate surface area is 120 Å². The molecule has 5 heteroatoms. The monoisotopic (exact) mass is 285 g/mol. The maximum absolute atomic E-state index is 8.98. The van der Waals surface area contributed by atoms with Gasteiger partial charge in [0.1, 0.15) is 16.8 Å². The lowest BCUT2D eigenvalue weighted by molar-refractivity contribution is 0.289. The van der Waals surface area contributed by atoms with Crippen molar-refractivity contribution in [2.45, 2.75) is 46.5 Å². The zero-order valence-electron chi connectivity index (χ0n) is 12.5. The van der Waals surface area contributed by atoms with Crippen LogP contribution < -0.4 is 4.90 Å². The van der Waals surface area contributed by atoms with Crippen molar-refractivity contribution < 1.29 is 5.11 Å². The number of aliphatic hydroxyl groups is 1. The molecule has 1 rings (SSSR count). The van der Waals surface area contributed by atoms with Gasteiger partial charge in [0.15, 0.2) is 0 Å². The molecule has 108 valence electrons. The maximum Gasteiger partial charge on any atom is 0.137 e. The highest BCUT2D eigenvalue weighted by Gasteiger charge is 2.22. The van der Waals surface area contributed by atoms with E-state index in [2.05, 4.69) is 42.6 Å². The third-order valence-corrected chi connectivity index (χ3v) is 3.37. The van der Waals surface area contributed by atoms with Gasteiger partial charge in [-0.3, -0.25) is 0 Å². The molecule has 19 heavy (non-hydrogen) atoms. The van der Waals surface area contributed by atoms with E-state index in [0.717, 1.165) is 36.7 Å². The molecule has 0 unspecified atom stereocenters. The molecule has 0 amide bonds.